The van der Waals surface area contributed by atoms with Crippen LogP contribution in [0.3, 0.4) is 0 Å². The number of aryl methyl sites for hydroxylation is 1. The summed E-state index contributed by atoms with van der Waals surface area (Å²) in [7, 11) is 0. The number of carboxylic acid groups (broad SMARTS) is 1. The third kappa shape index (κ3) is 4.36. The minimum Gasteiger partial charge on any atom is -0.479 e. The second-order valence-electron chi connectivity index (χ2n) is 3.97. The van der Waals surface area contributed by atoms with Gasteiger partial charge in [-0.2, -0.15) is 0 Å². The Bertz CT molecular complexity index is 390. The van der Waals surface area contributed by atoms with Gasteiger partial charge in [0.1, 0.15) is 0 Å². The highest BCUT2D eigenvalue weighted by molar-refractivity contribution is 6.30. The van der Waals surface area contributed by atoms with Gasteiger partial charge in [0.05, 0.1) is 0 Å². The Morgan fingerprint density at radius 3 is 2.76 bits per heavy atom. The maximum Gasteiger partial charge on any atom is 0.333 e. The van der Waals surface area contributed by atoms with Crippen molar-refractivity contribution in [2.24, 2.45) is 0 Å². The van der Waals surface area contributed by atoms with Crippen LogP contribution in [0.15, 0.2) is 18.2 Å². The predicted molar refractivity (Wildman–Crippen MR) is 67.6 cm³/mol. The summed E-state index contributed by atoms with van der Waals surface area (Å²) in [4.78, 5) is 11.0. The third-order valence-electron chi connectivity index (χ3n) is 2.51. The average Bonchev–Trinajstić information content (AvgIpc) is 2.26. The van der Waals surface area contributed by atoms with E-state index in [9.17, 15) is 4.79 Å². The Morgan fingerprint density at radius 2 is 2.24 bits per heavy atom. The van der Waals surface area contributed by atoms with Gasteiger partial charge < -0.3 is 9.84 Å². The fraction of sp³-hybridized carbons (Fsp3) is 0.462. The zero-order valence-corrected chi connectivity index (χ0v) is 10.8. The zero-order valence-electron chi connectivity index (χ0n) is 10.1. The van der Waals surface area contributed by atoms with E-state index in [1.807, 2.05) is 26.0 Å². The molecule has 0 radical (unpaired) electrons. The van der Waals surface area contributed by atoms with E-state index >= 15 is 0 Å². The Hall–Kier alpha value is -1.06. The van der Waals surface area contributed by atoms with Gasteiger partial charge in [-0.1, -0.05) is 24.6 Å². The lowest BCUT2D eigenvalue weighted by atomic mass is 10.0. The molecule has 1 rings (SSSR count). The number of ether oxygens (including phenoxy) is 1. The highest BCUT2D eigenvalue weighted by Gasteiger charge is 2.19. The maximum absolute atomic E-state index is 11.0. The molecular formula is C13H17ClO3. The van der Waals surface area contributed by atoms with Crippen molar-refractivity contribution >= 4 is 17.6 Å². The normalized spacial score (nSPS) is 12.4. The Kier molecular flexibility index (Phi) is 5.45. The molecule has 1 aromatic rings. The van der Waals surface area contributed by atoms with E-state index in [4.69, 9.17) is 21.4 Å². The summed E-state index contributed by atoms with van der Waals surface area (Å²) in [5.74, 6) is -0.923. The van der Waals surface area contributed by atoms with Crippen LogP contribution in [-0.4, -0.2) is 23.8 Å². The molecule has 0 aromatic heterocycles. The van der Waals surface area contributed by atoms with Gasteiger partial charge in [-0.3, -0.25) is 0 Å². The summed E-state index contributed by atoms with van der Waals surface area (Å²) < 4.78 is 5.31. The molecule has 0 aliphatic carbocycles. The second-order valence-corrected chi connectivity index (χ2v) is 4.41. The van der Waals surface area contributed by atoms with E-state index in [1.54, 1.807) is 6.07 Å². The molecular weight excluding hydrogens is 240 g/mol. The van der Waals surface area contributed by atoms with E-state index < -0.39 is 12.1 Å². The Morgan fingerprint density at radius 1 is 1.53 bits per heavy atom. The average molecular weight is 257 g/mol. The van der Waals surface area contributed by atoms with Gasteiger partial charge in [0.2, 0.25) is 0 Å². The Labute approximate surface area is 106 Å². The van der Waals surface area contributed by atoms with Gasteiger partial charge in [0, 0.05) is 18.1 Å². The molecule has 4 heteroatoms. The van der Waals surface area contributed by atoms with E-state index in [0.717, 1.165) is 17.5 Å². The van der Waals surface area contributed by atoms with Crippen molar-refractivity contribution in [3.63, 3.8) is 0 Å². The first kappa shape index (κ1) is 14.0. The molecule has 0 amide bonds. The summed E-state index contributed by atoms with van der Waals surface area (Å²) >= 11 is 5.85. The van der Waals surface area contributed by atoms with Gasteiger partial charge in [-0.25, -0.2) is 4.79 Å². The van der Waals surface area contributed by atoms with Crippen molar-refractivity contribution < 1.29 is 14.6 Å². The van der Waals surface area contributed by atoms with Gasteiger partial charge in [0.25, 0.3) is 0 Å². The van der Waals surface area contributed by atoms with Crippen LogP contribution in [0.25, 0.3) is 0 Å². The fourth-order valence-corrected chi connectivity index (χ4v) is 1.79. The van der Waals surface area contributed by atoms with Crippen LogP contribution >= 0.6 is 11.6 Å². The van der Waals surface area contributed by atoms with Gasteiger partial charge in [-0.15, -0.1) is 0 Å². The molecule has 0 bridgehead atoms. The molecule has 3 nitrogen and oxygen atoms in total. The van der Waals surface area contributed by atoms with Gasteiger partial charge in [0.15, 0.2) is 6.10 Å². The topological polar surface area (TPSA) is 46.5 Å². The molecule has 17 heavy (non-hydrogen) atoms. The summed E-state index contributed by atoms with van der Waals surface area (Å²) in [5, 5.41) is 9.72. The molecule has 0 saturated carbocycles. The number of aliphatic carboxylic acids is 1. The van der Waals surface area contributed by atoms with Crippen molar-refractivity contribution in [2.45, 2.75) is 32.8 Å². The van der Waals surface area contributed by atoms with Crippen LogP contribution in [-0.2, 0) is 16.0 Å². The number of halogens is 1. The number of benzene rings is 1. The molecule has 0 unspecified atom stereocenters. The predicted octanol–water partition coefficient (Wildman–Crippen LogP) is 3.07. The van der Waals surface area contributed by atoms with Crippen LogP contribution < -0.4 is 0 Å². The quantitative estimate of drug-likeness (QED) is 0.851. The monoisotopic (exact) mass is 256 g/mol. The summed E-state index contributed by atoms with van der Waals surface area (Å²) in [5.41, 5.74) is 1.95. The fourth-order valence-electron chi connectivity index (χ4n) is 1.57. The molecule has 1 N–H and O–H groups in total. The van der Waals surface area contributed by atoms with Gasteiger partial charge in [-0.05, 0) is 36.6 Å². The van der Waals surface area contributed by atoms with Crippen LogP contribution in [0.1, 0.15) is 24.5 Å². The van der Waals surface area contributed by atoms with Crippen LogP contribution in [0.5, 0.6) is 0 Å². The smallest absolute Gasteiger partial charge is 0.333 e. The van der Waals surface area contributed by atoms with Crippen molar-refractivity contribution in [1.29, 1.82) is 0 Å². The molecule has 1 atom stereocenters. The molecule has 0 heterocycles. The standard InChI is InChI=1S/C13H17ClO3/c1-3-6-17-12(13(15)16)8-10-4-5-11(14)7-9(10)2/h4-5,7,12H,3,6,8H2,1-2H3,(H,15,16)/t12-/m0/s1. The van der Waals surface area contributed by atoms with E-state index in [1.165, 1.54) is 0 Å². The maximum atomic E-state index is 11.0. The number of carbonyl (C=O) groups is 1. The minimum absolute atomic E-state index is 0.373. The first-order chi connectivity index (χ1) is 8.04. The lowest BCUT2D eigenvalue weighted by Gasteiger charge is -2.14. The molecule has 0 spiro atoms. The van der Waals surface area contributed by atoms with Crippen molar-refractivity contribution in [3.8, 4) is 0 Å². The molecule has 1 aromatic carbocycles. The van der Waals surface area contributed by atoms with Crippen LogP contribution in [0.4, 0.5) is 0 Å². The number of carboxylic acids is 1. The van der Waals surface area contributed by atoms with Crippen LogP contribution in [0, 0.1) is 6.92 Å². The van der Waals surface area contributed by atoms with E-state index in [2.05, 4.69) is 0 Å². The molecule has 0 aliphatic rings. The number of rotatable bonds is 6. The minimum atomic E-state index is -0.923. The van der Waals surface area contributed by atoms with Crippen LogP contribution in [0.2, 0.25) is 5.02 Å². The zero-order chi connectivity index (χ0) is 12.8. The number of hydrogen-bond acceptors (Lipinski definition) is 2. The first-order valence-corrected chi connectivity index (χ1v) is 6.01. The molecule has 0 saturated heterocycles. The van der Waals surface area contributed by atoms with Crippen molar-refractivity contribution in [3.05, 3.63) is 34.3 Å². The summed E-state index contributed by atoms with van der Waals surface area (Å²) in [6.07, 6.45) is 0.400. The van der Waals surface area contributed by atoms with E-state index in [0.29, 0.717) is 18.1 Å². The highest BCUT2D eigenvalue weighted by atomic mass is 35.5. The molecule has 0 aliphatic heterocycles. The SMILES string of the molecule is CCCO[C@@H](Cc1ccc(Cl)cc1C)C(=O)O. The first-order valence-electron chi connectivity index (χ1n) is 5.64. The lowest BCUT2D eigenvalue weighted by molar-refractivity contribution is -0.150. The largest absolute Gasteiger partial charge is 0.479 e. The van der Waals surface area contributed by atoms with Crippen molar-refractivity contribution in [1.82, 2.24) is 0 Å². The van der Waals surface area contributed by atoms with E-state index in [-0.39, 0.29) is 0 Å². The van der Waals surface area contributed by atoms with Gasteiger partial charge >= 0.3 is 5.97 Å². The molecule has 0 fully saturated rings. The van der Waals surface area contributed by atoms with Crippen molar-refractivity contribution in [2.75, 3.05) is 6.61 Å². The summed E-state index contributed by atoms with van der Waals surface area (Å²) in [6, 6.07) is 5.45. The summed E-state index contributed by atoms with van der Waals surface area (Å²) in [6.45, 7) is 4.33. The highest BCUT2D eigenvalue weighted by Crippen LogP contribution is 2.17. The lowest BCUT2D eigenvalue weighted by Crippen LogP contribution is -2.27. The second kappa shape index (κ2) is 6.62. The number of hydrogen-bond donors (Lipinski definition) is 1. The third-order valence-corrected chi connectivity index (χ3v) is 2.74. The molecule has 94 valence electrons. The Balaban J connectivity index is 2.75.